The van der Waals surface area contributed by atoms with E-state index in [4.69, 9.17) is 0 Å². The second-order valence-electron chi connectivity index (χ2n) is 3.99. The van der Waals surface area contributed by atoms with Crippen LogP contribution in [0.5, 0.6) is 0 Å². The molecule has 100 valence electrons. The molecular formula is C14H12F2O2S. The van der Waals surface area contributed by atoms with E-state index < -0.39 is 23.2 Å². The number of halogens is 2. The van der Waals surface area contributed by atoms with Crippen LogP contribution < -0.4 is 0 Å². The zero-order valence-electron chi connectivity index (χ0n) is 10.0. The van der Waals surface area contributed by atoms with Crippen molar-refractivity contribution in [2.24, 2.45) is 0 Å². The lowest BCUT2D eigenvalue weighted by molar-refractivity contribution is 0.474. The predicted molar refractivity (Wildman–Crippen MR) is 68.0 cm³/mol. The molecule has 19 heavy (non-hydrogen) atoms. The Hall–Kier alpha value is -1.75. The average molecular weight is 282 g/mol. The Morgan fingerprint density at radius 1 is 0.737 bits per heavy atom. The van der Waals surface area contributed by atoms with Crippen LogP contribution in [0.15, 0.2) is 58.3 Å². The van der Waals surface area contributed by atoms with E-state index in [1.54, 1.807) is 12.1 Å². The van der Waals surface area contributed by atoms with Crippen LogP contribution in [0.2, 0.25) is 0 Å². The minimum absolute atomic E-state index is 0.0798. The van der Waals surface area contributed by atoms with Gasteiger partial charge in [0.25, 0.3) is 0 Å². The summed E-state index contributed by atoms with van der Waals surface area (Å²) in [6, 6.07) is 11.6. The number of hydrogen-bond acceptors (Lipinski definition) is 2. The monoisotopic (exact) mass is 282 g/mol. The van der Waals surface area contributed by atoms with Gasteiger partial charge in [-0.25, -0.2) is 17.2 Å². The van der Waals surface area contributed by atoms with E-state index in [1.165, 1.54) is 36.4 Å². The first-order chi connectivity index (χ1) is 9.11. The lowest BCUT2D eigenvalue weighted by Crippen LogP contribution is -2.07. The van der Waals surface area contributed by atoms with Gasteiger partial charge in [0.1, 0.15) is 13.3 Å². The molecule has 0 bridgehead atoms. The first-order valence-corrected chi connectivity index (χ1v) is 7.12. The van der Waals surface area contributed by atoms with Gasteiger partial charge in [0, 0.05) is 11.1 Å². The van der Waals surface area contributed by atoms with Crippen LogP contribution in [0.3, 0.4) is 0 Å². The number of hydrogen-bond donors (Lipinski definition) is 0. The Morgan fingerprint density at radius 3 is 1.47 bits per heavy atom. The van der Waals surface area contributed by atoms with Gasteiger partial charge in [-0.3, -0.25) is 0 Å². The molecule has 0 fully saturated rings. The van der Waals surface area contributed by atoms with Crippen molar-refractivity contribution >= 4 is 9.84 Å². The highest BCUT2D eigenvalue weighted by Gasteiger charge is 2.23. The smallest absolute Gasteiger partial charge is 0.207 e. The average Bonchev–Trinajstić information content (AvgIpc) is 2.47. The van der Waals surface area contributed by atoms with Crippen molar-refractivity contribution in [1.29, 1.82) is 0 Å². The molecule has 0 atom stereocenters. The van der Waals surface area contributed by atoms with Crippen molar-refractivity contribution in [3.63, 3.8) is 0 Å². The molecule has 2 aromatic carbocycles. The molecule has 0 aromatic heterocycles. The molecule has 0 aliphatic carbocycles. The summed E-state index contributed by atoms with van der Waals surface area (Å²) in [5.74, 6) is 0. The Balaban J connectivity index is 2.66. The summed E-state index contributed by atoms with van der Waals surface area (Å²) in [4.78, 5) is -0.225. The molecule has 0 radical (unpaired) electrons. The van der Waals surface area contributed by atoms with Crippen molar-refractivity contribution in [3.8, 4) is 0 Å². The van der Waals surface area contributed by atoms with Crippen molar-refractivity contribution in [2.75, 3.05) is 0 Å². The quantitative estimate of drug-likeness (QED) is 0.860. The molecule has 0 heterocycles. The van der Waals surface area contributed by atoms with Gasteiger partial charge in [0.05, 0.1) is 9.79 Å². The number of rotatable bonds is 4. The lowest BCUT2D eigenvalue weighted by atomic mass is 10.2. The Morgan fingerprint density at radius 2 is 1.11 bits per heavy atom. The van der Waals surface area contributed by atoms with E-state index in [1.807, 2.05) is 0 Å². The Kier molecular flexibility index (Phi) is 3.95. The minimum Gasteiger partial charge on any atom is -0.246 e. The van der Waals surface area contributed by atoms with E-state index in [-0.39, 0.29) is 20.9 Å². The molecule has 0 unspecified atom stereocenters. The highest BCUT2D eigenvalue weighted by atomic mass is 32.2. The van der Waals surface area contributed by atoms with Crippen LogP contribution in [0.1, 0.15) is 11.1 Å². The largest absolute Gasteiger partial charge is 0.246 e. The zero-order valence-corrected chi connectivity index (χ0v) is 10.8. The molecule has 0 saturated heterocycles. The van der Waals surface area contributed by atoms with E-state index in [0.717, 1.165) is 0 Å². The molecule has 0 amide bonds. The molecule has 0 saturated carbocycles. The molecule has 0 aliphatic heterocycles. The van der Waals surface area contributed by atoms with Crippen molar-refractivity contribution in [1.82, 2.24) is 0 Å². The predicted octanol–water partition coefficient (Wildman–Crippen LogP) is 3.46. The van der Waals surface area contributed by atoms with Crippen molar-refractivity contribution < 1.29 is 17.2 Å². The standard InChI is InChI=1S/C14H12F2O2S/c15-9-11-5-1-3-7-13(11)19(17,18)14-8-4-2-6-12(14)10-16/h1-8H,9-10H2. The zero-order chi connectivity index (χ0) is 13.9. The first-order valence-electron chi connectivity index (χ1n) is 5.64. The third-order valence-electron chi connectivity index (χ3n) is 2.81. The topological polar surface area (TPSA) is 34.1 Å². The molecule has 5 heteroatoms. The maximum absolute atomic E-state index is 12.9. The molecule has 0 spiro atoms. The van der Waals surface area contributed by atoms with Crippen molar-refractivity contribution in [3.05, 3.63) is 59.7 Å². The second kappa shape index (κ2) is 5.48. The van der Waals surface area contributed by atoms with Crippen LogP contribution in [0.25, 0.3) is 0 Å². The third kappa shape index (κ3) is 2.51. The minimum atomic E-state index is -3.90. The fraction of sp³-hybridized carbons (Fsp3) is 0.143. The lowest BCUT2D eigenvalue weighted by Gasteiger charge is -2.10. The van der Waals surface area contributed by atoms with Crippen LogP contribution in [-0.4, -0.2) is 8.42 Å². The molecule has 0 aliphatic rings. The SMILES string of the molecule is O=S(=O)(c1ccccc1CF)c1ccccc1CF. The molecule has 0 N–H and O–H groups in total. The summed E-state index contributed by atoms with van der Waals surface area (Å²) < 4.78 is 50.7. The fourth-order valence-corrected chi connectivity index (χ4v) is 3.56. The van der Waals surface area contributed by atoms with Gasteiger partial charge in [0.15, 0.2) is 0 Å². The van der Waals surface area contributed by atoms with Gasteiger partial charge >= 0.3 is 0 Å². The van der Waals surface area contributed by atoms with Gasteiger partial charge in [-0.2, -0.15) is 0 Å². The number of sulfone groups is 1. The number of alkyl halides is 2. The fourth-order valence-electron chi connectivity index (χ4n) is 1.87. The first kappa shape index (κ1) is 13.7. The maximum Gasteiger partial charge on any atom is 0.207 e. The van der Waals surface area contributed by atoms with Crippen LogP contribution in [0, 0.1) is 0 Å². The van der Waals surface area contributed by atoms with Gasteiger partial charge in [-0.15, -0.1) is 0 Å². The Labute approximate surface area is 110 Å². The molecule has 2 aromatic rings. The van der Waals surface area contributed by atoms with E-state index in [0.29, 0.717) is 0 Å². The van der Waals surface area contributed by atoms with Gasteiger partial charge in [-0.1, -0.05) is 36.4 Å². The number of benzene rings is 2. The second-order valence-corrected chi connectivity index (χ2v) is 5.87. The van der Waals surface area contributed by atoms with E-state index in [9.17, 15) is 17.2 Å². The molecule has 2 rings (SSSR count). The molecule has 2 nitrogen and oxygen atoms in total. The van der Waals surface area contributed by atoms with E-state index in [2.05, 4.69) is 0 Å². The summed E-state index contributed by atoms with van der Waals surface area (Å²) in [6.07, 6.45) is 0. The Bertz CT molecular complexity index is 628. The summed E-state index contributed by atoms with van der Waals surface area (Å²) in [6.45, 7) is -1.76. The van der Waals surface area contributed by atoms with Crippen LogP contribution in [-0.2, 0) is 23.2 Å². The summed E-state index contributed by atoms with van der Waals surface area (Å²) in [5, 5.41) is 0. The van der Waals surface area contributed by atoms with E-state index >= 15 is 0 Å². The maximum atomic E-state index is 12.9. The third-order valence-corrected chi connectivity index (χ3v) is 4.77. The van der Waals surface area contributed by atoms with Crippen LogP contribution in [0.4, 0.5) is 8.78 Å². The molecular weight excluding hydrogens is 270 g/mol. The summed E-state index contributed by atoms with van der Waals surface area (Å²) >= 11 is 0. The summed E-state index contributed by atoms with van der Waals surface area (Å²) in [5.41, 5.74) is 0.160. The van der Waals surface area contributed by atoms with Crippen LogP contribution >= 0.6 is 0 Å². The highest BCUT2D eigenvalue weighted by molar-refractivity contribution is 7.91. The summed E-state index contributed by atoms with van der Waals surface area (Å²) in [7, 11) is -3.90. The van der Waals surface area contributed by atoms with Gasteiger partial charge in [0.2, 0.25) is 9.84 Å². The highest BCUT2D eigenvalue weighted by Crippen LogP contribution is 2.27. The normalized spacial score (nSPS) is 11.5. The van der Waals surface area contributed by atoms with Gasteiger partial charge < -0.3 is 0 Å². The van der Waals surface area contributed by atoms with Crippen molar-refractivity contribution in [2.45, 2.75) is 23.1 Å². The van der Waals surface area contributed by atoms with Gasteiger partial charge in [-0.05, 0) is 12.1 Å².